The van der Waals surface area contributed by atoms with Crippen LogP contribution in [-0.4, -0.2) is 31.8 Å². The first kappa shape index (κ1) is 16.9. The molecule has 0 bridgehead atoms. The molecule has 2 heterocycles. The monoisotopic (exact) mass is 339 g/mol. The molecule has 0 spiro atoms. The Balaban J connectivity index is 1.56. The number of fused-ring (bicyclic) bond motifs is 1. The van der Waals surface area contributed by atoms with Gasteiger partial charge >= 0.3 is 0 Å². The van der Waals surface area contributed by atoms with E-state index in [1.165, 1.54) is 27.3 Å². The number of aromatic nitrogens is 4. The van der Waals surface area contributed by atoms with E-state index in [4.69, 9.17) is 0 Å². The van der Waals surface area contributed by atoms with Crippen molar-refractivity contribution in [2.24, 2.45) is 7.05 Å². The van der Waals surface area contributed by atoms with Gasteiger partial charge < -0.3 is 5.32 Å². The number of hydrogen-bond donors (Lipinski definition) is 1. The van der Waals surface area contributed by atoms with Gasteiger partial charge in [0, 0.05) is 13.6 Å². The molecule has 0 saturated carbocycles. The van der Waals surface area contributed by atoms with E-state index < -0.39 is 0 Å². The Kier molecular flexibility index (Phi) is 4.92. The number of hydrogen-bond acceptors (Lipinski definition) is 4. The zero-order chi connectivity index (χ0) is 17.8. The standard InChI is InChI=1S/C18H21N5O2/c1-13(14-6-4-3-5-7-14)8-9-19-16(24)11-23-12-20-17-15(18(23)25)10-21-22(17)2/h3-7,10,12-13H,8-9,11H2,1-2H3,(H,19,24)/t13-/m1/s1. The van der Waals surface area contributed by atoms with Gasteiger partial charge in [-0.2, -0.15) is 5.10 Å². The zero-order valence-electron chi connectivity index (χ0n) is 14.3. The fourth-order valence-corrected chi connectivity index (χ4v) is 2.77. The van der Waals surface area contributed by atoms with Gasteiger partial charge in [-0.3, -0.25) is 18.8 Å². The molecular weight excluding hydrogens is 318 g/mol. The molecule has 7 nitrogen and oxygen atoms in total. The van der Waals surface area contributed by atoms with Crippen molar-refractivity contribution in [1.29, 1.82) is 0 Å². The summed E-state index contributed by atoms with van der Waals surface area (Å²) in [6, 6.07) is 10.2. The predicted octanol–water partition coefficient (Wildman–Crippen LogP) is 1.44. The molecular formula is C18H21N5O2. The highest BCUT2D eigenvalue weighted by Gasteiger charge is 2.11. The first-order valence-corrected chi connectivity index (χ1v) is 8.25. The van der Waals surface area contributed by atoms with Gasteiger partial charge in [-0.15, -0.1) is 0 Å². The topological polar surface area (TPSA) is 81.8 Å². The first-order chi connectivity index (χ1) is 12.1. The van der Waals surface area contributed by atoms with Gasteiger partial charge in [0.25, 0.3) is 5.56 Å². The zero-order valence-corrected chi connectivity index (χ0v) is 14.3. The largest absolute Gasteiger partial charge is 0.355 e. The molecule has 1 atom stereocenters. The van der Waals surface area contributed by atoms with E-state index in [1.54, 1.807) is 7.05 Å². The molecule has 2 aromatic heterocycles. The van der Waals surface area contributed by atoms with Crippen LogP contribution in [0.3, 0.4) is 0 Å². The minimum Gasteiger partial charge on any atom is -0.355 e. The third-order valence-corrected chi connectivity index (χ3v) is 4.30. The van der Waals surface area contributed by atoms with Crippen molar-refractivity contribution in [3.05, 3.63) is 58.8 Å². The summed E-state index contributed by atoms with van der Waals surface area (Å²) in [5.41, 5.74) is 1.50. The van der Waals surface area contributed by atoms with Crippen molar-refractivity contribution < 1.29 is 4.79 Å². The molecule has 3 rings (SSSR count). The normalized spacial score (nSPS) is 12.2. The lowest BCUT2D eigenvalue weighted by Crippen LogP contribution is -2.33. The summed E-state index contributed by atoms with van der Waals surface area (Å²) < 4.78 is 2.84. The molecule has 7 heteroatoms. The molecule has 1 aromatic carbocycles. The van der Waals surface area contributed by atoms with Crippen molar-refractivity contribution >= 4 is 16.9 Å². The number of nitrogens with one attached hydrogen (secondary N) is 1. The minimum absolute atomic E-state index is 0.0453. The molecule has 0 aliphatic carbocycles. The summed E-state index contributed by atoms with van der Waals surface area (Å²) >= 11 is 0. The molecule has 1 amide bonds. The molecule has 1 N–H and O–H groups in total. The lowest BCUT2D eigenvalue weighted by Gasteiger charge is -2.12. The first-order valence-electron chi connectivity index (χ1n) is 8.25. The van der Waals surface area contributed by atoms with Crippen LogP contribution in [0.1, 0.15) is 24.8 Å². The molecule has 3 aromatic rings. The number of carbonyl (C=O) groups is 1. The second-order valence-corrected chi connectivity index (χ2v) is 6.13. The Hall–Kier alpha value is -2.96. The van der Waals surface area contributed by atoms with E-state index >= 15 is 0 Å². The van der Waals surface area contributed by atoms with E-state index in [1.807, 2.05) is 18.2 Å². The van der Waals surface area contributed by atoms with E-state index in [0.29, 0.717) is 23.5 Å². The van der Waals surface area contributed by atoms with Gasteiger partial charge in [-0.25, -0.2) is 4.98 Å². The Bertz CT molecular complexity index is 930. The van der Waals surface area contributed by atoms with Crippen molar-refractivity contribution in [3.8, 4) is 0 Å². The maximum absolute atomic E-state index is 12.3. The average molecular weight is 339 g/mol. The fourth-order valence-electron chi connectivity index (χ4n) is 2.77. The number of benzene rings is 1. The van der Waals surface area contributed by atoms with Crippen LogP contribution >= 0.6 is 0 Å². The minimum atomic E-state index is -0.258. The number of aryl methyl sites for hydroxylation is 1. The molecule has 130 valence electrons. The van der Waals surface area contributed by atoms with Crippen LogP contribution in [-0.2, 0) is 18.4 Å². The summed E-state index contributed by atoms with van der Waals surface area (Å²) in [6.45, 7) is 2.65. The van der Waals surface area contributed by atoms with Crippen LogP contribution in [0, 0.1) is 0 Å². The molecule has 0 aliphatic rings. The molecule has 0 saturated heterocycles. The van der Waals surface area contributed by atoms with E-state index in [0.717, 1.165) is 6.42 Å². The Morgan fingerprint density at radius 3 is 2.80 bits per heavy atom. The highest BCUT2D eigenvalue weighted by molar-refractivity contribution is 5.77. The summed E-state index contributed by atoms with van der Waals surface area (Å²) in [5, 5.41) is 7.29. The molecule has 0 unspecified atom stereocenters. The molecule has 0 aliphatic heterocycles. The lowest BCUT2D eigenvalue weighted by atomic mass is 9.98. The van der Waals surface area contributed by atoms with E-state index in [9.17, 15) is 9.59 Å². The lowest BCUT2D eigenvalue weighted by molar-refractivity contribution is -0.121. The predicted molar refractivity (Wildman–Crippen MR) is 95.3 cm³/mol. The van der Waals surface area contributed by atoms with Crippen LogP contribution < -0.4 is 10.9 Å². The van der Waals surface area contributed by atoms with Crippen LogP contribution in [0.4, 0.5) is 0 Å². The fraction of sp³-hybridized carbons (Fsp3) is 0.333. The Labute approximate surface area is 145 Å². The third-order valence-electron chi connectivity index (χ3n) is 4.30. The average Bonchev–Trinajstić information content (AvgIpc) is 3.00. The van der Waals surface area contributed by atoms with Gasteiger partial charge in [-0.1, -0.05) is 37.3 Å². The van der Waals surface area contributed by atoms with E-state index in [2.05, 4.69) is 34.5 Å². The van der Waals surface area contributed by atoms with Crippen LogP contribution in [0.25, 0.3) is 11.0 Å². The SMILES string of the molecule is C[C@H](CCNC(=O)Cn1cnc2c(cnn2C)c1=O)c1ccccc1. The van der Waals surface area contributed by atoms with Gasteiger partial charge in [0.15, 0.2) is 5.65 Å². The molecule has 0 fully saturated rings. The van der Waals surface area contributed by atoms with Gasteiger partial charge in [-0.05, 0) is 17.9 Å². The molecule has 0 radical (unpaired) electrons. The highest BCUT2D eigenvalue weighted by Crippen LogP contribution is 2.17. The second kappa shape index (κ2) is 7.29. The quantitative estimate of drug-likeness (QED) is 0.737. The van der Waals surface area contributed by atoms with Crippen molar-refractivity contribution in [2.45, 2.75) is 25.8 Å². The van der Waals surface area contributed by atoms with Crippen molar-refractivity contribution in [1.82, 2.24) is 24.6 Å². The maximum Gasteiger partial charge on any atom is 0.264 e. The summed E-state index contributed by atoms with van der Waals surface area (Å²) in [4.78, 5) is 28.6. The van der Waals surface area contributed by atoms with Crippen molar-refractivity contribution in [3.63, 3.8) is 0 Å². The van der Waals surface area contributed by atoms with Gasteiger partial charge in [0.2, 0.25) is 5.91 Å². The van der Waals surface area contributed by atoms with Gasteiger partial charge in [0.05, 0.1) is 6.20 Å². The number of carbonyl (C=O) groups excluding carboxylic acids is 1. The Morgan fingerprint density at radius 2 is 2.04 bits per heavy atom. The highest BCUT2D eigenvalue weighted by atomic mass is 16.2. The summed E-state index contributed by atoms with van der Waals surface area (Å²) in [5.74, 6) is 0.157. The van der Waals surface area contributed by atoms with Crippen LogP contribution in [0.5, 0.6) is 0 Å². The number of amides is 1. The van der Waals surface area contributed by atoms with Gasteiger partial charge in [0.1, 0.15) is 18.3 Å². The number of nitrogens with zero attached hydrogens (tertiary/aromatic N) is 4. The maximum atomic E-state index is 12.3. The van der Waals surface area contributed by atoms with E-state index in [-0.39, 0.29) is 18.0 Å². The summed E-state index contributed by atoms with van der Waals surface area (Å²) in [6.07, 6.45) is 3.70. The Morgan fingerprint density at radius 1 is 1.28 bits per heavy atom. The van der Waals surface area contributed by atoms with Crippen LogP contribution in [0.15, 0.2) is 47.7 Å². The number of rotatable bonds is 6. The van der Waals surface area contributed by atoms with Crippen LogP contribution in [0.2, 0.25) is 0 Å². The van der Waals surface area contributed by atoms with Crippen molar-refractivity contribution in [2.75, 3.05) is 6.54 Å². The third kappa shape index (κ3) is 3.76. The summed E-state index contributed by atoms with van der Waals surface area (Å²) in [7, 11) is 1.72. The smallest absolute Gasteiger partial charge is 0.264 e. The second-order valence-electron chi connectivity index (χ2n) is 6.13. The molecule has 25 heavy (non-hydrogen) atoms.